The number of nitrogens with zero attached hydrogens (tertiary/aromatic N) is 2. The van der Waals surface area contributed by atoms with Gasteiger partial charge in [0.05, 0.1) is 4.92 Å². The molecule has 2 atom stereocenters. The summed E-state index contributed by atoms with van der Waals surface area (Å²) < 4.78 is 10.2. The first-order valence-electron chi connectivity index (χ1n) is 9.09. The molecule has 11 heteroatoms. The summed E-state index contributed by atoms with van der Waals surface area (Å²) in [7, 11) is 1.51. The number of hydrogen-bond acceptors (Lipinski definition) is 8. The number of amides is 2. The minimum absolute atomic E-state index is 0.00565. The molecule has 1 saturated heterocycles. The zero-order valence-corrected chi connectivity index (χ0v) is 17.8. The van der Waals surface area contributed by atoms with E-state index in [1.807, 2.05) is 0 Å². The molecule has 1 N–H and O–H groups in total. The number of ether oxygens (including phenoxy) is 2. The zero-order chi connectivity index (χ0) is 21.2. The van der Waals surface area contributed by atoms with E-state index >= 15 is 0 Å². The number of hydrogen-bond donors (Lipinski definition) is 2. The molecule has 160 valence electrons. The van der Waals surface area contributed by atoms with Crippen molar-refractivity contribution in [2.75, 3.05) is 31.9 Å². The molecule has 1 fully saturated rings. The van der Waals surface area contributed by atoms with Crippen LogP contribution in [0, 0.1) is 10.1 Å². The Hall–Kier alpha value is -1.98. The summed E-state index contributed by atoms with van der Waals surface area (Å²) in [5.41, 5.74) is 0.670. The number of methoxy groups -OCH3 is 1. The number of carbonyl (C=O) groups is 2. The van der Waals surface area contributed by atoms with E-state index in [0.717, 1.165) is 6.42 Å². The van der Waals surface area contributed by atoms with Gasteiger partial charge in [0, 0.05) is 55.0 Å². The third-order valence-electron chi connectivity index (χ3n) is 4.33. The van der Waals surface area contributed by atoms with Crippen LogP contribution < -0.4 is 5.32 Å². The monoisotopic (exact) mass is 443 g/mol. The smallest absolute Gasteiger partial charge is 0.410 e. The third-order valence-corrected chi connectivity index (χ3v) is 5.82. The summed E-state index contributed by atoms with van der Waals surface area (Å²) >= 11 is 6.09. The number of carbonyl (C=O) groups excluding carboxylic acids is 2. The van der Waals surface area contributed by atoms with E-state index in [2.05, 4.69) is 17.9 Å². The topological polar surface area (TPSA) is 111 Å². The predicted molar refractivity (Wildman–Crippen MR) is 113 cm³/mol. The van der Waals surface area contributed by atoms with E-state index in [-0.39, 0.29) is 36.2 Å². The van der Waals surface area contributed by atoms with E-state index < -0.39 is 11.0 Å². The Morgan fingerprint density at radius 3 is 2.76 bits per heavy atom. The summed E-state index contributed by atoms with van der Waals surface area (Å²) in [6, 6.07) is 5.89. The van der Waals surface area contributed by atoms with E-state index in [1.165, 1.54) is 19.2 Å². The first kappa shape index (κ1) is 23.3. The second-order valence-electron chi connectivity index (χ2n) is 6.53. The predicted octanol–water partition coefficient (Wildman–Crippen LogP) is 2.45. The molecule has 1 heterocycles. The fourth-order valence-corrected chi connectivity index (χ4v) is 4.34. The van der Waals surface area contributed by atoms with Crippen LogP contribution in [0.3, 0.4) is 0 Å². The van der Waals surface area contributed by atoms with Crippen molar-refractivity contribution in [3.63, 3.8) is 0 Å². The molecule has 29 heavy (non-hydrogen) atoms. The van der Waals surface area contributed by atoms with E-state index in [4.69, 9.17) is 9.47 Å². The molecule has 9 nitrogen and oxygen atoms in total. The van der Waals surface area contributed by atoms with Gasteiger partial charge in [-0.15, -0.1) is 0 Å². The first-order chi connectivity index (χ1) is 13.9. The Morgan fingerprint density at radius 2 is 2.10 bits per heavy atom. The molecule has 0 unspecified atom stereocenters. The molecule has 0 aromatic heterocycles. The second-order valence-corrected chi connectivity index (χ2v) is 8.41. The van der Waals surface area contributed by atoms with Crippen molar-refractivity contribution in [2.24, 2.45) is 0 Å². The summed E-state index contributed by atoms with van der Waals surface area (Å²) in [5.74, 6) is 1.27. The van der Waals surface area contributed by atoms with Crippen LogP contribution in [0.2, 0.25) is 0 Å². The molecule has 0 saturated carbocycles. The maximum absolute atomic E-state index is 12.5. The summed E-state index contributed by atoms with van der Waals surface area (Å²) in [4.78, 5) is 35.9. The maximum Gasteiger partial charge on any atom is 0.410 e. The third kappa shape index (κ3) is 7.75. The molecule has 0 bridgehead atoms. The molecule has 0 aliphatic carbocycles. The highest BCUT2D eigenvalue weighted by Gasteiger charge is 2.34. The number of thiol groups is 1. The number of rotatable bonds is 10. The van der Waals surface area contributed by atoms with Gasteiger partial charge in [0.1, 0.15) is 13.3 Å². The van der Waals surface area contributed by atoms with Crippen LogP contribution in [0.15, 0.2) is 24.3 Å². The van der Waals surface area contributed by atoms with Gasteiger partial charge in [-0.2, -0.15) is 24.4 Å². The molecule has 2 rings (SSSR count). The molecular formula is C18H25N3O6S2. The minimum Gasteiger partial charge on any atom is -0.445 e. The quantitative estimate of drug-likeness (QED) is 0.188. The normalized spacial score (nSPS) is 18.5. The maximum atomic E-state index is 12.5. The highest BCUT2D eigenvalue weighted by Crippen LogP contribution is 2.26. The van der Waals surface area contributed by atoms with Crippen LogP contribution in [-0.4, -0.2) is 65.0 Å². The number of nitro benzene ring substituents is 1. The van der Waals surface area contributed by atoms with Gasteiger partial charge in [-0.3, -0.25) is 14.9 Å². The Kier molecular flexibility index (Phi) is 9.55. The minimum atomic E-state index is -0.476. The number of likely N-dealkylation sites (tertiary alicyclic amines) is 1. The summed E-state index contributed by atoms with van der Waals surface area (Å²) in [5, 5.41) is 13.4. The zero-order valence-electron chi connectivity index (χ0n) is 16.1. The van der Waals surface area contributed by atoms with Crippen LogP contribution in [0.25, 0.3) is 0 Å². The fraction of sp³-hybridized carbons (Fsp3) is 0.556. The van der Waals surface area contributed by atoms with Crippen molar-refractivity contribution < 1.29 is 24.0 Å². The lowest BCUT2D eigenvalue weighted by Gasteiger charge is -2.23. The van der Waals surface area contributed by atoms with Crippen LogP contribution in [0.4, 0.5) is 10.5 Å². The number of non-ortho nitro benzene ring substituents is 1. The molecule has 1 aliphatic rings. The number of nitrogens with one attached hydrogen (secondary N) is 1. The summed E-state index contributed by atoms with van der Waals surface area (Å²) in [6.45, 7) is 0.744. The van der Waals surface area contributed by atoms with Gasteiger partial charge in [0.15, 0.2) is 0 Å². The lowest BCUT2D eigenvalue weighted by atomic mass is 10.2. The fourth-order valence-electron chi connectivity index (χ4n) is 2.84. The number of nitro groups is 1. The van der Waals surface area contributed by atoms with Gasteiger partial charge in [-0.05, 0) is 24.1 Å². The van der Waals surface area contributed by atoms with Gasteiger partial charge in [0.2, 0.25) is 5.91 Å². The van der Waals surface area contributed by atoms with E-state index in [1.54, 1.807) is 28.8 Å². The molecular weight excluding hydrogens is 418 g/mol. The van der Waals surface area contributed by atoms with Crippen LogP contribution in [0.1, 0.15) is 18.4 Å². The number of thioether (sulfide) groups is 1. The van der Waals surface area contributed by atoms with E-state index in [9.17, 15) is 19.7 Å². The lowest BCUT2D eigenvalue weighted by Crippen LogP contribution is -2.37. The molecule has 2 amide bonds. The highest BCUT2D eigenvalue weighted by molar-refractivity contribution is 7.99. The van der Waals surface area contributed by atoms with Gasteiger partial charge in [0.25, 0.3) is 5.69 Å². The Balaban J connectivity index is 1.77. The molecule has 0 radical (unpaired) electrons. The van der Waals surface area contributed by atoms with Crippen molar-refractivity contribution >= 4 is 42.1 Å². The Bertz CT molecular complexity index is 703. The standard InChI is InChI=1S/C18H25N3O6S2/c1-26-12-19-17(22)6-7-29-11-15-8-16(28)9-20(15)18(23)27-10-13-2-4-14(5-3-13)21(24)25/h2-5,15-16,28H,6-12H2,1H3,(H,19,22)/t15-,16+/m0/s1. The average molecular weight is 444 g/mol. The molecule has 1 aliphatic heterocycles. The second kappa shape index (κ2) is 11.9. The Labute approximate surface area is 179 Å². The van der Waals surface area contributed by atoms with Gasteiger partial charge >= 0.3 is 6.09 Å². The molecule has 0 spiro atoms. The largest absolute Gasteiger partial charge is 0.445 e. The van der Waals surface area contributed by atoms with Gasteiger partial charge in [-0.1, -0.05) is 0 Å². The van der Waals surface area contributed by atoms with Crippen LogP contribution in [-0.2, 0) is 20.9 Å². The molecule has 1 aromatic rings. The average Bonchev–Trinajstić information content (AvgIpc) is 3.08. The molecule has 1 aromatic carbocycles. The summed E-state index contributed by atoms with van der Waals surface area (Å²) in [6.07, 6.45) is 0.720. The van der Waals surface area contributed by atoms with Crippen molar-refractivity contribution in [1.82, 2.24) is 10.2 Å². The van der Waals surface area contributed by atoms with Crippen LogP contribution >= 0.6 is 24.4 Å². The first-order valence-corrected chi connectivity index (χ1v) is 10.8. The van der Waals surface area contributed by atoms with Gasteiger partial charge in [-0.25, -0.2) is 4.79 Å². The van der Waals surface area contributed by atoms with Crippen molar-refractivity contribution in [3.05, 3.63) is 39.9 Å². The van der Waals surface area contributed by atoms with Gasteiger partial charge < -0.3 is 19.7 Å². The van der Waals surface area contributed by atoms with Crippen molar-refractivity contribution in [3.8, 4) is 0 Å². The van der Waals surface area contributed by atoms with Crippen LogP contribution in [0.5, 0.6) is 0 Å². The van der Waals surface area contributed by atoms with Crippen molar-refractivity contribution in [1.29, 1.82) is 0 Å². The lowest BCUT2D eigenvalue weighted by molar-refractivity contribution is -0.384. The number of benzene rings is 1. The van der Waals surface area contributed by atoms with Crippen molar-refractivity contribution in [2.45, 2.75) is 30.7 Å². The van der Waals surface area contributed by atoms with E-state index in [0.29, 0.717) is 30.0 Å². The SMILES string of the molecule is COCNC(=O)CCSC[C@@H]1C[C@@H](S)CN1C(=O)OCc1ccc([N+](=O)[O-])cc1. The Morgan fingerprint density at radius 1 is 1.38 bits per heavy atom. The highest BCUT2D eigenvalue weighted by atomic mass is 32.2.